The van der Waals surface area contributed by atoms with Gasteiger partial charge in [0, 0.05) is 0 Å². The van der Waals surface area contributed by atoms with E-state index in [1.165, 1.54) is 29.3 Å². The Morgan fingerprint density at radius 3 is 2.47 bits per heavy atom. The molecule has 17 heavy (non-hydrogen) atoms. The molecule has 0 saturated carbocycles. The van der Waals surface area contributed by atoms with E-state index in [1.54, 1.807) is 8.46 Å². The van der Waals surface area contributed by atoms with Gasteiger partial charge in [0.1, 0.15) is 0 Å². The number of nitrogens with one attached hydrogen (secondary N) is 1. The molecule has 0 unspecified atom stereocenters. The molecule has 0 aliphatic heterocycles. The quantitative estimate of drug-likeness (QED) is 0.753. The second-order valence-corrected chi connectivity index (χ2v) is 11.9. The Kier molecular flexibility index (Phi) is 4.39. The van der Waals surface area contributed by atoms with Crippen LogP contribution in [0, 0.1) is 0 Å². The van der Waals surface area contributed by atoms with Crippen LogP contribution in [0.5, 0.6) is 0 Å². The first-order valence-electron chi connectivity index (χ1n) is 6.48. The predicted octanol–water partition coefficient (Wildman–Crippen LogP) is 4.29. The van der Waals surface area contributed by atoms with E-state index in [2.05, 4.69) is 55.4 Å². The van der Waals surface area contributed by atoms with Crippen LogP contribution in [0.4, 0.5) is 0 Å². The molecule has 0 amide bonds. The van der Waals surface area contributed by atoms with Crippen molar-refractivity contribution in [3.63, 3.8) is 0 Å². The molecule has 0 aromatic carbocycles. The zero-order chi connectivity index (χ0) is 12.1. The first-order chi connectivity index (χ1) is 8.33. The summed E-state index contributed by atoms with van der Waals surface area (Å²) < 4.78 is 3.33. The van der Waals surface area contributed by atoms with Gasteiger partial charge in [0.15, 0.2) is 0 Å². The van der Waals surface area contributed by atoms with Gasteiger partial charge in [-0.3, -0.25) is 0 Å². The monoisotopic (exact) mass is 319 g/mol. The molecule has 0 radical (unpaired) electrons. The molecule has 0 saturated heterocycles. The third kappa shape index (κ3) is 2.47. The number of hydrogen-bond donors (Lipinski definition) is 1. The normalized spacial score (nSPS) is 16.2. The summed E-state index contributed by atoms with van der Waals surface area (Å²) in [7, 11) is 0. The van der Waals surface area contributed by atoms with Crippen molar-refractivity contribution in [1.82, 2.24) is 4.98 Å². The molecule has 96 valence electrons. The summed E-state index contributed by atoms with van der Waals surface area (Å²) in [4.78, 5) is 3.53. The number of aromatic amines is 1. The van der Waals surface area contributed by atoms with Crippen LogP contribution in [0.2, 0.25) is 10.0 Å². The first kappa shape index (κ1) is 12.8. The third-order valence-electron chi connectivity index (χ3n) is 3.03. The molecule has 1 N–H and O–H groups in total. The number of hydrogen-bond acceptors (Lipinski definition) is 0. The third-order valence-corrected chi connectivity index (χ3v) is 12.8. The molecule has 1 nitrogen and oxygen atoms in total. The van der Waals surface area contributed by atoms with E-state index in [9.17, 15) is 0 Å². The van der Waals surface area contributed by atoms with Crippen molar-refractivity contribution in [2.24, 2.45) is 0 Å². The molecular weight excluding hydrogens is 295 g/mol. The molecule has 2 rings (SSSR count). The minimum absolute atomic E-state index is 1.20. The predicted molar refractivity (Wildman–Crippen MR) is 72.5 cm³/mol. The molecule has 1 aromatic heterocycles. The van der Waals surface area contributed by atoms with Crippen LogP contribution in [-0.4, -0.2) is 4.98 Å². The van der Waals surface area contributed by atoms with Crippen LogP contribution < -0.4 is 4.29 Å². The second kappa shape index (κ2) is 5.82. The van der Waals surface area contributed by atoms with Gasteiger partial charge >= 0.3 is 108 Å². The Morgan fingerprint density at radius 2 is 2.00 bits per heavy atom. The molecule has 0 bridgehead atoms. The van der Waals surface area contributed by atoms with Gasteiger partial charge in [-0.05, 0) is 0 Å². The number of H-pyrrole nitrogens is 1. The van der Waals surface area contributed by atoms with Gasteiger partial charge in [0.05, 0.1) is 0 Å². The summed E-state index contributed by atoms with van der Waals surface area (Å²) in [5.41, 5.74) is 0. The topological polar surface area (TPSA) is 15.8 Å². The van der Waals surface area contributed by atoms with Crippen molar-refractivity contribution in [2.75, 3.05) is 0 Å². The Hall–Kier alpha value is -0.617. The van der Waals surface area contributed by atoms with Crippen LogP contribution >= 0.6 is 0 Å². The summed E-state index contributed by atoms with van der Waals surface area (Å²) in [5, 5.41) is 2.83. The molecule has 1 aliphatic carbocycles. The fourth-order valence-corrected chi connectivity index (χ4v) is 11.4. The van der Waals surface area contributed by atoms with E-state index < -0.39 is 14.8 Å². The molecule has 1 aromatic rings. The van der Waals surface area contributed by atoms with E-state index in [0.29, 0.717) is 0 Å². The van der Waals surface area contributed by atoms with Crippen LogP contribution in [-0.2, 0) is 14.8 Å². The molecule has 0 atom stereocenters. The molecular formula is C15H23NRu. The Labute approximate surface area is 108 Å². The molecule has 0 fully saturated rings. The summed E-state index contributed by atoms with van der Waals surface area (Å²) in [6.07, 6.45) is 12.9. The van der Waals surface area contributed by atoms with Crippen LogP contribution in [0.1, 0.15) is 33.1 Å². The number of allylic oxidation sites excluding steroid dienone is 4. The van der Waals surface area contributed by atoms with E-state index >= 15 is 0 Å². The van der Waals surface area contributed by atoms with Gasteiger partial charge in [-0.2, -0.15) is 0 Å². The Morgan fingerprint density at radius 1 is 1.24 bits per heavy atom. The summed E-state index contributed by atoms with van der Waals surface area (Å²) in [6.45, 7) is 4.66. The molecule has 1 heterocycles. The number of aromatic nitrogens is 1. The van der Waals surface area contributed by atoms with Crippen molar-refractivity contribution in [3.05, 3.63) is 40.7 Å². The SMILES string of the molecule is CC[CH2][Ru]([CH2]CC)([C]1=CC=CC1)[c]1ccc[nH]1. The fraction of sp³-hybridized carbons (Fsp3) is 0.467. The molecule has 2 heteroatoms. The van der Waals surface area contributed by atoms with Crippen molar-refractivity contribution in [2.45, 2.75) is 43.1 Å². The molecule has 0 spiro atoms. The number of rotatable bonds is 6. The average molecular weight is 318 g/mol. The van der Waals surface area contributed by atoms with Gasteiger partial charge in [-0.15, -0.1) is 0 Å². The second-order valence-electron chi connectivity index (χ2n) is 4.35. The summed E-state index contributed by atoms with van der Waals surface area (Å²) >= 11 is -1.82. The Bertz CT molecular complexity index is 395. The van der Waals surface area contributed by atoms with Crippen molar-refractivity contribution in [3.8, 4) is 0 Å². The van der Waals surface area contributed by atoms with Gasteiger partial charge < -0.3 is 0 Å². The minimum atomic E-state index is -1.82. The summed E-state index contributed by atoms with van der Waals surface area (Å²) in [5.74, 6) is 0. The van der Waals surface area contributed by atoms with Crippen molar-refractivity contribution in [1.29, 1.82) is 0 Å². The van der Waals surface area contributed by atoms with E-state index in [4.69, 9.17) is 0 Å². The van der Waals surface area contributed by atoms with Crippen LogP contribution in [0.15, 0.2) is 40.7 Å². The van der Waals surface area contributed by atoms with E-state index in [0.717, 1.165) is 0 Å². The van der Waals surface area contributed by atoms with E-state index in [-0.39, 0.29) is 0 Å². The van der Waals surface area contributed by atoms with E-state index in [1.807, 2.05) is 0 Å². The maximum atomic E-state index is 3.53. The van der Waals surface area contributed by atoms with Gasteiger partial charge in [-0.1, -0.05) is 0 Å². The zero-order valence-corrected chi connectivity index (χ0v) is 12.6. The van der Waals surface area contributed by atoms with Gasteiger partial charge in [0.2, 0.25) is 0 Å². The Balaban J connectivity index is 2.38. The molecule has 1 aliphatic rings. The van der Waals surface area contributed by atoms with Crippen LogP contribution in [0.3, 0.4) is 0 Å². The van der Waals surface area contributed by atoms with Crippen LogP contribution in [0.25, 0.3) is 0 Å². The standard InChI is InChI=1S/C5H5.C4H4N.2C3H7.Ru/c2*1-2-4-5-3-1;2*1-3-2;/h1-3H,4H2;1-3,5H;2*1,3H2,2H3;. The fourth-order valence-electron chi connectivity index (χ4n) is 2.41. The maximum absolute atomic E-state index is 3.53. The van der Waals surface area contributed by atoms with Gasteiger partial charge in [-0.25, -0.2) is 0 Å². The van der Waals surface area contributed by atoms with Crippen molar-refractivity contribution < 1.29 is 14.8 Å². The van der Waals surface area contributed by atoms with Gasteiger partial charge in [0.25, 0.3) is 0 Å². The summed E-state index contributed by atoms with van der Waals surface area (Å²) in [6, 6.07) is 4.50. The average Bonchev–Trinajstić information content (AvgIpc) is 3.02. The first-order valence-corrected chi connectivity index (χ1v) is 10.7. The van der Waals surface area contributed by atoms with Crippen molar-refractivity contribution >= 4 is 4.29 Å². The zero-order valence-electron chi connectivity index (χ0n) is 10.9.